The smallest absolute Gasteiger partial charge is 0.338 e. The number of likely N-dealkylation sites (N-methyl/N-ethyl adjacent to an activating group) is 1. The molecule has 3 rings (SSSR count). The summed E-state index contributed by atoms with van der Waals surface area (Å²) >= 11 is 0. The molecule has 186 valence electrons. The molecule has 1 fully saturated rings. The molecule has 8 heteroatoms. The minimum atomic E-state index is -0.588. The molecule has 0 saturated carbocycles. The summed E-state index contributed by atoms with van der Waals surface area (Å²) in [4.78, 5) is 43.7. The lowest BCUT2D eigenvalue weighted by Crippen LogP contribution is -2.53. The monoisotopic (exact) mass is 470 g/mol. The first kappa shape index (κ1) is 25.7. The second kappa shape index (κ2) is 10.6. The third-order valence-electron chi connectivity index (χ3n) is 6.58. The highest BCUT2D eigenvalue weighted by Gasteiger charge is 2.37. The molecule has 8 nitrogen and oxygen atoms in total. The molecule has 2 aliphatic heterocycles. The van der Waals surface area contributed by atoms with E-state index < -0.39 is 12.0 Å². The largest absolute Gasteiger partial charge is 0.463 e. The van der Waals surface area contributed by atoms with Gasteiger partial charge < -0.3 is 15.0 Å². The van der Waals surface area contributed by atoms with Gasteiger partial charge in [0.15, 0.2) is 0 Å². The van der Waals surface area contributed by atoms with Gasteiger partial charge in [0.2, 0.25) is 5.91 Å². The average Bonchev–Trinajstić information content (AvgIpc) is 2.81. The minimum Gasteiger partial charge on any atom is -0.463 e. The van der Waals surface area contributed by atoms with Gasteiger partial charge in [0, 0.05) is 51.9 Å². The van der Waals surface area contributed by atoms with Crippen molar-refractivity contribution in [3.05, 3.63) is 46.7 Å². The van der Waals surface area contributed by atoms with Crippen molar-refractivity contribution in [3.63, 3.8) is 0 Å². The van der Waals surface area contributed by atoms with Crippen LogP contribution in [0.4, 0.5) is 4.79 Å². The summed E-state index contributed by atoms with van der Waals surface area (Å²) in [5.74, 6) is -0.270. The molecule has 0 aromatic heterocycles. The number of carbonyl (C=O) groups is 3. The predicted octanol–water partition coefficient (Wildman–Crippen LogP) is 3.05. The van der Waals surface area contributed by atoms with Crippen LogP contribution in [-0.4, -0.2) is 79.0 Å². The van der Waals surface area contributed by atoms with Crippen molar-refractivity contribution in [2.24, 2.45) is 0 Å². The van der Waals surface area contributed by atoms with E-state index in [0.717, 1.165) is 5.56 Å². The lowest BCUT2D eigenvalue weighted by Gasteiger charge is -2.39. The number of benzene rings is 1. The van der Waals surface area contributed by atoms with Crippen LogP contribution in [0.3, 0.4) is 0 Å². The van der Waals surface area contributed by atoms with E-state index in [2.05, 4.69) is 31.0 Å². The summed E-state index contributed by atoms with van der Waals surface area (Å²) in [5.41, 5.74) is 3.12. The van der Waals surface area contributed by atoms with Gasteiger partial charge in [-0.2, -0.15) is 0 Å². The van der Waals surface area contributed by atoms with Crippen molar-refractivity contribution in [1.29, 1.82) is 0 Å². The fraction of sp³-hybridized carbons (Fsp3) is 0.577. The van der Waals surface area contributed by atoms with Crippen LogP contribution in [0.2, 0.25) is 0 Å². The Morgan fingerprint density at radius 1 is 1.06 bits per heavy atom. The average molecular weight is 471 g/mol. The Morgan fingerprint density at radius 3 is 2.21 bits per heavy atom. The van der Waals surface area contributed by atoms with Crippen molar-refractivity contribution in [3.8, 4) is 0 Å². The van der Waals surface area contributed by atoms with Crippen molar-refractivity contribution >= 4 is 17.9 Å². The van der Waals surface area contributed by atoms with Gasteiger partial charge in [-0.3, -0.25) is 14.6 Å². The number of rotatable bonds is 6. The van der Waals surface area contributed by atoms with E-state index in [1.807, 2.05) is 36.1 Å². The van der Waals surface area contributed by atoms with Crippen LogP contribution in [-0.2, 0) is 19.7 Å². The first-order valence-corrected chi connectivity index (χ1v) is 12.1. The molecule has 1 atom stereocenters. The second-order valence-corrected chi connectivity index (χ2v) is 9.90. The van der Waals surface area contributed by atoms with E-state index in [9.17, 15) is 14.4 Å². The molecule has 2 aliphatic rings. The van der Waals surface area contributed by atoms with Crippen LogP contribution in [0, 0.1) is 0 Å². The Kier molecular flexibility index (Phi) is 8.02. The fourth-order valence-electron chi connectivity index (χ4n) is 4.41. The van der Waals surface area contributed by atoms with Crippen LogP contribution in [0.5, 0.6) is 0 Å². The zero-order valence-corrected chi connectivity index (χ0v) is 21.3. The van der Waals surface area contributed by atoms with Crippen LogP contribution in [0.25, 0.3) is 0 Å². The first-order valence-electron chi connectivity index (χ1n) is 12.1. The molecule has 1 aromatic rings. The fourth-order valence-corrected chi connectivity index (χ4v) is 4.41. The lowest BCUT2D eigenvalue weighted by molar-refractivity contribution is -0.139. The predicted molar refractivity (Wildman–Crippen MR) is 131 cm³/mol. The molecule has 2 heterocycles. The quantitative estimate of drug-likeness (QED) is 0.647. The number of piperazine rings is 1. The third kappa shape index (κ3) is 5.60. The van der Waals surface area contributed by atoms with E-state index in [1.165, 1.54) is 10.5 Å². The number of nitrogens with zero attached hydrogens (tertiary/aromatic N) is 3. The first-order chi connectivity index (χ1) is 16.1. The van der Waals surface area contributed by atoms with E-state index in [1.54, 1.807) is 14.0 Å². The molecule has 0 spiro atoms. The maximum absolute atomic E-state index is 13.2. The number of hydrogen-bond acceptors (Lipinski definition) is 5. The van der Waals surface area contributed by atoms with Crippen LogP contribution >= 0.6 is 0 Å². The van der Waals surface area contributed by atoms with Gasteiger partial charge in [-0.1, -0.05) is 52.0 Å². The van der Waals surface area contributed by atoms with Crippen molar-refractivity contribution in [2.45, 2.75) is 52.5 Å². The number of amides is 3. The molecule has 0 bridgehead atoms. The van der Waals surface area contributed by atoms with E-state index in [-0.39, 0.29) is 24.0 Å². The zero-order valence-electron chi connectivity index (χ0n) is 21.3. The number of carbonyl (C=O) groups excluding carboxylic acids is 3. The lowest BCUT2D eigenvalue weighted by atomic mass is 9.85. The number of ether oxygens (including phenoxy) is 1. The van der Waals surface area contributed by atoms with Crippen molar-refractivity contribution in [2.75, 3.05) is 46.4 Å². The molecule has 1 saturated heterocycles. The summed E-state index contributed by atoms with van der Waals surface area (Å²) in [6, 6.07) is 7.20. The van der Waals surface area contributed by atoms with Gasteiger partial charge in [0.1, 0.15) is 0 Å². The van der Waals surface area contributed by atoms with E-state index in [4.69, 9.17) is 4.74 Å². The highest BCUT2D eigenvalue weighted by molar-refractivity contribution is 5.95. The molecule has 3 amide bonds. The van der Waals surface area contributed by atoms with Crippen molar-refractivity contribution < 1.29 is 19.1 Å². The third-order valence-corrected chi connectivity index (χ3v) is 6.58. The van der Waals surface area contributed by atoms with Crippen LogP contribution in [0.1, 0.15) is 58.2 Å². The maximum atomic E-state index is 13.2. The van der Waals surface area contributed by atoms with Gasteiger partial charge in [-0.25, -0.2) is 9.59 Å². The number of hydrogen-bond donors (Lipinski definition) is 1. The van der Waals surface area contributed by atoms with E-state index in [0.29, 0.717) is 50.4 Å². The zero-order chi connectivity index (χ0) is 25.0. The Hall–Kier alpha value is -2.87. The topological polar surface area (TPSA) is 82.2 Å². The SMILES string of the molecule is CCOC(=O)C1=C(CN2CCN(C(=O)CC)CC2)N(C)C(=O)NC1c1ccc(C(C)(C)C)cc1. The highest BCUT2D eigenvalue weighted by atomic mass is 16.5. The van der Waals surface area contributed by atoms with Crippen LogP contribution in [0.15, 0.2) is 35.5 Å². The normalized spacial score (nSPS) is 19.8. The molecule has 1 N–H and O–H groups in total. The number of esters is 1. The molecule has 0 aliphatic carbocycles. The summed E-state index contributed by atoms with van der Waals surface area (Å²) < 4.78 is 5.43. The summed E-state index contributed by atoms with van der Waals surface area (Å²) in [7, 11) is 1.68. The molecular weight excluding hydrogens is 432 g/mol. The summed E-state index contributed by atoms with van der Waals surface area (Å²) in [5, 5.41) is 2.98. The molecule has 1 aromatic carbocycles. The molecular formula is C26H38N4O4. The Morgan fingerprint density at radius 2 is 1.68 bits per heavy atom. The number of nitrogens with one attached hydrogen (secondary N) is 1. The molecule has 0 radical (unpaired) electrons. The van der Waals surface area contributed by atoms with Gasteiger partial charge in [0.05, 0.1) is 18.2 Å². The maximum Gasteiger partial charge on any atom is 0.338 e. The highest BCUT2D eigenvalue weighted by Crippen LogP contribution is 2.33. The summed E-state index contributed by atoms with van der Waals surface area (Å²) in [6.07, 6.45) is 0.497. The minimum absolute atomic E-state index is 0.000829. The second-order valence-electron chi connectivity index (χ2n) is 9.90. The van der Waals surface area contributed by atoms with Gasteiger partial charge >= 0.3 is 12.0 Å². The van der Waals surface area contributed by atoms with Gasteiger partial charge in [-0.15, -0.1) is 0 Å². The Balaban J connectivity index is 1.94. The van der Waals surface area contributed by atoms with Crippen molar-refractivity contribution in [1.82, 2.24) is 20.0 Å². The van der Waals surface area contributed by atoms with Crippen LogP contribution < -0.4 is 5.32 Å². The molecule has 34 heavy (non-hydrogen) atoms. The Labute approximate surface area is 202 Å². The van der Waals surface area contributed by atoms with E-state index >= 15 is 0 Å². The molecule has 1 unspecified atom stereocenters. The summed E-state index contributed by atoms with van der Waals surface area (Å²) in [6.45, 7) is 13.4. The Bertz CT molecular complexity index is 941. The van der Waals surface area contributed by atoms with Gasteiger partial charge in [0.25, 0.3) is 0 Å². The standard InChI is InChI=1S/C26H38N4O4/c1-7-21(31)30-15-13-29(14-16-30)17-20-22(24(32)34-8-2)23(27-25(33)28(20)6)18-9-11-19(12-10-18)26(3,4)5/h9-12,23H,7-8,13-17H2,1-6H3,(H,27,33). The van der Waals surface area contributed by atoms with Gasteiger partial charge in [-0.05, 0) is 23.5 Å². The number of urea groups is 1.